The lowest BCUT2D eigenvalue weighted by Crippen LogP contribution is -2.32. The maximum atomic E-state index is 11.5. The molecular weight excluding hydrogens is 250 g/mol. The van der Waals surface area contributed by atoms with Gasteiger partial charge in [-0.05, 0) is 44.0 Å². The number of alkyl carbamates (subject to hydrolysis) is 1. The zero-order valence-corrected chi connectivity index (χ0v) is 11.7. The quantitative estimate of drug-likeness (QED) is 0.899. The number of rotatable bonds is 3. The summed E-state index contributed by atoms with van der Waals surface area (Å²) in [4.78, 5) is 11.5. The first kappa shape index (κ1) is 14.6. The van der Waals surface area contributed by atoms with Crippen LogP contribution in [-0.2, 0) is 11.3 Å². The second-order valence-electron chi connectivity index (χ2n) is 4.92. The molecule has 0 spiro atoms. The van der Waals surface area contributed by atoms with Crippen LogP contribution in [0.15, 0.2) is 24.8 Å². The van der Waals surface area contributed by atoms with Gasteiger partial charge in [0.25, 0.3) is 0 Å². The van der Waals surface area contributed by atoms with E-state index in [0.717, 1.165) is 11.1 Å². The van der Waals surface area contributed by atoms with Gasteiger partial charge in [0.1, 0.15) is 5.60 Å². The van der Waals surface area contributed by atoms with Crippen LogP contribution in [0.4, 0.5) is 4.79 Å². The summed E-state index contributed by atoms with van der Waals surface area (Å²) in [5, 5.41) is 3.33. The highest BCUT2D eigenvalue weighted by Gasteiger charge is 2.15. The van der Waals surface area contributed by atoms with Gasteiger partial charge in [0.2, 0.25) is 0 Å². The maximum Gasteiger partial charge on any atom is 0.407 e. The number of carbonyl (C=O) groups is 1. The van der Waals surface area contributed by atoms with E-state index >= 15 is 0 Å². The first-order valence-electron chi connectivity index (χ1n) is 5.69. The topological polar surface area (TPSA) is 38.3 Å². The van der Waals surface area contributed by atoms with Gasteiger partial charge >= 0.3 is 6.09 Å². The van der Waals surface area contributed by atoms with E-state index in [0.29, 0.717) is 11.6 Å². The average Bonchev–Trinajstić information content (AvgIpc) is 2.25. The first-order valence-corrected chi connectivity index (χ1v) is 6.07. The Kier molecular flexibility index (Phi) is 4.79. The monoisotopic (exact) mass is 267 g/mol. The van der Waals surface area contributed by atoms with E-state index in [1.165, 1.54) is 0 Å². The highest BCUT2D eigenvalue weighted by molar-refractivity contribution is 6.32. The lowest BCUT2D eigenvalue weighted by atomic mass is 10.1. The van der Waals surface area contributed by atoms with Crippen molar-refractivity contribution in [3.63, 3.8) is 0 Å². The predicted molar refractivity (Wildman–Crippen MR) is 74.6 cm³/mol. The summed E-state index contributed by atoms with van der Waals surface area (Å²) in [6, 6.07) is 5.52. The number of nitrogens with one attached hydrogen (secondary N) is 1. The second-order valence-corrected chi connectivity index (χ2v) is 5.32. The van der Waals surface area contributed by atoms with E-state index in [4.69, 9.17) is 16.3 Å². The Bertz CT molecular complexity index is 450. The zero-order valence-electron chi connectivity index (χ0n) is 10.9. The Balaban J connectivity index is 2.59. The molecule has 0 unspecified atom stereocenters. The lowest BCUT2D eigenvalue weighted by molar-refractivity contribution is 0.0523. The fourth-order valence-electron chi connectivity index (χ4n) is 1.35. The third-order valence-electron chi connectivity index (χ3n) is 2.12. The minimum absolute atomic E-state index is 0.396. The molecule has 0 aliphatic rings. The minimum atomic E-state index is -0.490. The number of hydrogen-bond acceptors (Lipinski definition) is 2. The molecule has 0 bridgehead atoms. The van der Waals surface area contributed by atoms with Gasteiger partial charge in [-0.3, -0.25) is 0 Å². The largest absolute Gasteiger partial charge is 0.444 e. The van der Waals surface area contributed by atoms with Gasteiger partial charge in [0.05, 0.1) is 0 Å². The molecule has 1 rings (SSSR count). The predicted octanol–water partition coefficient (Wildman–Crippen LogP) is 4.01. The molecule has 1 aromatic rings. The second kappa shape index (κ2) is 5.91. The van der Waals surface area contributed by atoms with Crippen molar-refractivity contribution in [3.8, 4) is 0 Å². The molecule has 0 saturated heterocycles. The van der Waals surface area contributed by atoms with Crippen LogP contribution in [-0.4, -0.2) is 11.7 Å². The van der Waals surface area contributed by atoms with Crippen LogP contribution in [0.3, 0.4) is 0 Å². The van der Waals surface area contributed by atoms with Crippen LogP contribution >= 0.6 is 11.6 Å². The average molecular weight is 268 g/mol. The summed E-state index contributed by atoms with van der Waals surface area (Å²) >= 11 is 5.96. The lowest BCUT2D eigenvalue weighted by Gasteiger charge is -2.19. The summed E-state index contributed by atoms with van der Waals surface area (Å²) < 4.78 is 5.14. The summed E-state index contributed by atoms with van der Waals surface area (Å²) in [6.07, 6.45) is 1.25. The van der Waals surface area contributed by atoms with E-state index in [-0.39, 0.29) is 0 Å². The van der Waals surface area contributed by atoms with Crippen molar-refractivity contribution in [2.24, 2.45) is 0 Å². The van der Waals surface area contributed by atoms with Gasteiger partial charge in [-0.15, -0.1) is 0 Å². The van der Waals surface area contributed by atoms with Gasteiger partial charge in [0, 0.05) is 11.6 Å². The number of amides is 1. The van der Waals surface area contributed by atoms with Gasteiger partial charge < -0.3 is 10.1 Å². The Morgan fingerprint density at radius 2 is 2.17 bits per heavy atom. The molecule has 1 amide bonds. The Morgan fingerprint density at radius 3 is 2.72 bits per heavy atom. The molecule has 18 heavy (non-hydrogen) atoms. The molecule has 0 heterocycles. The third kappa shape index (κ3) is 4.80. The van der Waals surface area contributed by atoms with Crippen molar-refractivity contribution in [2.75, 3.05) is 0 Å². The molecule has 3 nitrogen and oxygen atoms in total. The molecule has 0 fully saturated rings. The number of ether oxygens (including phenoxy) is 1. The van der Waals surface area contributed by atoms with Crippen LogP contribution in [0.5, 0.6) is 0 Å². The van der Waals surface area contributed by atoms with Crippen molar-refractivity contribution in [3.05, 3.63) is 40.9 Å². The fourth-order valence-corrected chi connectivity index (χ4v) is 1.54. The molecule has 98 valence electrons. The number of carbonyl (C=O) groups excluding carboxylic acids is 1. The van der Waals surface area contributed by atoms with Crippen molar-refractivity contribution >= 4 is 23.8 Å². The standard InChI is InChI=1S/C14H18ClNO2/c1-5-11-8-10(6-7-12(11)15)9-16-13(17)18-14(2,3)4/h5-8H,1,9H2,2-4H3,(H,16,17). The van der Waals surface area contributed by atoms with E-state index in [1.54, 1.807) is 12.1 Å². The van der Waals surface area contributed by atoms with Crippen molar-refractivity contribution in [2.45, 2.75) is 32.9 Å². The molecule has 0 radical (unpaired) electrons. The van der Waals surface area contributed by atoms with E-state index in [9.17, 15) is 4.79 Å². The molecule has 0 atom stereocenters. The smallest absolute Gasteiger partial charge is 0.407 e. The number of hydrogen-bond donors (Lipinski definition) is 1. The highest BCUT2D eigenvalue weighted by atomic mass is 35.5. The molecule has 0 aliphatic heterocycles. The molecule has 0 saturated carbocycles. The summed E-state index contributed by atoms with van der Waals surface area (Å²) in [5.41, 5.74) is 1.30. The third-order valence-corrected chi connectivity index (χ3v) is 2.46. The van der Waals surface area contributed by atoms with Gasteiger partial charge in [-0.25, -0.2) is 4.79 Å². The number of benzene rings is 1. The maximum absolute atomic E-state index is 11.5. The normalized spacial score (nSPS) is 10.9. The Labute approximate surface area is 113 Å². The molecule has 0 aromatic heterocycles. The van der Waals surface area contributed by atoms with E-state index in [2.05, 4.69) is 11.9 Å². The van der Waals surface area contributed by atoms with Gasteiger partial charge in [-0.1, -0.05) is 30.3 Å². The van der Waals surface area contributed by atoms with E-state index < -0.39 is 11.7 Å². The molecule has 0 aliphatic carbocycles. The van der Waals surface area contributed by atoms with Crippen LogP contribution in [0, 0.1) is 0 Å². The number of halogens is 1. The Hall–Kier alpha value is -1.48. The summed E-state index contributed by atoms with van der Waals surface area (Å²) in [7, 11) is 0. The zero-order chi connectivity index (χ0) is 13.8. The van der Waals surface area contributed by atoms with Gasteiger partial charge in [0.15, 0.2) is 0 Å². The SMILES string of the molecule is C=Cc1cc(CNC(=O)OC(C)(C)C)ccc1Cl. The van der Waals surface area contributed by atoms with Crippen molar-refractivity contribution < 1.29 is 9.53 Å². The van der Waals surface area contributed by atoms with Crippen LogP contribution < -0.4 is 5.32 Å². The van der Waals surface area contributed by atoms with Crippen LogP contribution in [0.25, 0.3) is 6.08 Å². The van der Waals surface area contributed by atoms with Crippen molar-refractivity contribution in [1.29, 1.82) is 0 Å². The molecule has 1 N–H and O–H groups in total. The minimum Gasteiger partial charge on any atom is -0.444 e. The van der Waals surface area contributed by atoms with Crippen LogP contribution in [0.2, 0.25) is 5.02 Å². The Morgan fingerprint density at radius 1 is 1.50 bits per heavy atom. The molecule has 4 heteroatoms. The highest BCUT2D eigenvalue weighted by Crippen LogP contribution is 2.18. The van der Waals surface area contributed by atoms with Gasteiger partial charge in [-0.2, -0.15) is 0 Å². The summed E-state index contributed by atoms with van der Waals surface area (Å²) in [6.45, 7) is 9.55. The fraction of sp³-hybridized carbons (Fsp3) is 0.357. The summed E-state index contributed by atoms with van der Waals surface area (Å²) in [5.74, 6) is 0. The molecule has 1 aromatic carbocycles. The molecular formula is C14H18ClNO2. The van der Waals surface area contributed by atoms with Crippen LogP contribution in [0.1, 0.15) is 31.9 Å². The van der Waals surface area contributed by atoms with E-state index in [1.807, 2.05) is 32.9 Å². The van der Waals surface area contributed by atoms with Crippen molar-refractivity contribution in [1.82, 2.24) is 5.32 Å². The first-order chi connectivity index (χ1) is 8.31.